The largest absolute Gasteiger partial charge is 0.493 e. The Balaban J connectivity index is 2.05. The quantitative estimate of drug-likeness (QED) is 0.834. The third-order valence-corrected chi connectivity index (χ3v) is 4.98. The summed E-state index contributed by atoms with van der Waals surface area (Å²) < 4.78 is 16.5. The van der Waals surface area contributed by atoms with Crippen molar-refractivity contribution in [3.63, 3.8) is 0 Å². The fourth-order valence-electron chi connectivity index (χ4n) is 3.59. The number of hydrogen-bond acceptors (Lipinski definition) is 7. The summed E-state index contributed by atoms with van der Waals surface area (Å²) in [6.45, 7) is 4.09. The lowest BCUT2D eigenvalue weighted by molar-refractivity contribution is -0.0812. The average molecular weight is 387 g/mol. The van der Waals surface area contributed by atoms with Gasteiger partial charge in [0.15, 0.2) is 11.5 Å². The molecule has 1 saturated heterocycles. The predicted octanol–water partition coefficient (Wildman–Crippen LogP) is 1.69. The van der Waals surface area contributed by atoms with Gasteiger partial charge in [-0.15, -0.1) is 0 Å². The molecule has 2 atom stereocenters. The van der Waals surface area contributed by atoms with Crippen LogP contribution in [0.5, 0.6) is 11.5 Å². The highest BCUT2D eigenvalue weighted by Crippen LogP contribution is 2.36. The first-order chi connectivity index (χ1) is 13.5. The molecule has 1 amide bonds. The van der Waals surface area contributed by atoms with Crippen LogP contribution >= 0.6 is 0 Å². The van der Waals surface area contributed by atoms with Crippen molar-refractivity contribution in [1.82, 2.24) is 14.9 Å². The van der Waals surface area contributed by atoms with Gasteiger partial charge in [0.2, 0.25) is 0 Å². The maximum Gasteiger partial charge on any atom is 0.258 e. The normalized spacial score (nSPS) is 19.4. The van der Waals surface area contributed by atoms with Crippen LogP contribution in [0.4, 0.5) is 0 Å². The molecule has 0 radical (unpaired) electrons. The zero-order valence-corrected chi connectivity index (χ0v) is 16.5. The number of carbonyl (C=O) groups excluding carboxylic acids is 1. The molecule has 0 spiro atoms. The monoisotopic (exact) mass is 387 g/mol. The maximum absolute atomic E-state index is 13.4. The van der Waals surface area contributed by atoms with Crippen molar-refractivity contribution >= 4 is 5.91 Å². The molecule has 28 heavy (non-hydrogen) atoms. The number of amides is 1. The first-order valence-corrected chi connectivity index (χ1v) is 9.05. The second kappa shape index (κ2) is 8.53. The molecule has 0 aliphatic carbocycles. The van der Waals surface area contributed by atoms with Crippen LogP contribution in [0.2, 0.25) is 0 Å². The fraction of sp³-hybridized carbons (Fsp3) is 0.450. The van der Waals surface area contributed by atoms with Gasteiger partial charge >= 0.3 is 0 Å². The molecule has 8 heteroatoms. The second-order valence-corrected chi connectivity index (χ2v) is 6.57. The molecule has 2 heterocycles. The summed E-state index contributed by atoms with van der Waals surface area (Å²) in [6.07, 6.45) is 0.893. The van der Waals surface area contributed by atoms with Crippen molar-refractivity contribution in [2.75, 3.05) is 34.0 Å². The summed E-state index contributed by atoms with van der Waals surface area (Å²) in [6, 6.07) is 4.96. The Bertz CT molecular complexity index is 837. The van der Waals surface area contributed by atoms with Crippen LogP contribution in [0.3, 0.4) is 0 Å². The van der Waals surface area contributed by atoms with E-state index in [-0.39, 0.29) is 12.5 Å². The third-order valence-electron chi connectivity index (χ3n) is 4.98. The number of nitrogens with zero attached hydrogens (tertiary/aromatic N) is 3. The SMILES string of the molecule is COc1ccc([C@H]2[C@H](CO)OCCN2C(=O)c2c(C)ncnc2C)cc1OC. The Labute approximate surface area is 164 Å². The van der Waals surface area contributed by atoms with Crippen LogP contribution < -0.4 is 9.47 Å². The van der Waals surface area contributed by atoms with Gasteiger partial charge in [-0.1, -0.05) is 6.07 Å². The molecule has 1 aliphatic heterocycles. The number of aliphatic hydroxyl groups excluding tert-OH is 1. The van der Waals surface area contributed by atoms with Gasteiger partial charge in [-0.2, -0.15) is 0 Å². The van der Waals surface area contributed by atoms with Gasteiger partial charge in [0.25, 0.3) is 5.91 Å². The lowest BCUT2D eigenvalue weighted by Crippen LogP contribution is -2.49. The van der Waals surface area contributed by atoms with Gasteiger partial charge in [-0.3, -0.25) is 4.79 Å². The van der Waals surface area contributed by atoms with Crippen LogP contribution in [0.1, 0.15) is 33.4 Å². The van der Waals surface area contributed by atoms with Crippen molar-refractivity contribution in [2.45, 2.75) is 26.0 Å². The minimum absolute atomic E-state index is 0.183. The van der Waals surface area contributed by atoms with Gasteiger partial charge in [0.05, 0.1) is 50.4 Å². The summed E-state index contributed by atoms with van der Waals surface area (Å²) in [4.78, 5) is 23.5. The van der Waals surface area contributed by atoms with Crippen LogP contribution in [-0.2, 0) is 4.74 Å². The molecule has 150 valence electrons. The number of hydrogen-bond donors (Lipinski definition) is 1. The highest BCUT2D eigenvalue weighted by Gasteiger charge is 2.38. The summed E-state index contributed by atoms with van der Waals surface area (Å²) in [5, 5.41) is 9.89. The number of carbonyl (C=O) groups is 1. The number of aliphatic hydroxyl groups is 1. The highest BCUT2D eigenvalue weighted by atomic mass is 16.5. The smallest absolute Gasteiger partial charge is 0.258 e. The summed E-state index contributed by atoms with van der Waals surface area (Å²) in [5.41, 5.74) is 2.51. The summed E-state index contributed by atoms with van der Waals surface area (Å²) >= 11 is 0. The Morgan fingerprint density at radius 2 is 1.89 bits per heavy atom. The van der Waals surface area contributed by atoms with Crippen LogP contribution in [0, 0.1) is 13.8 Å². The fourth-order valence-corrected chi connectivity index (χ4v) is 3.59. The zero-order chi connectivity index (χ0) is 20.3. The molecule has 1 N–H and O–H groups in total. The van der Waals surface area contributed by atoms with Crippen molar-refractivity contribution in [3.05, 3.63) is 47.0 Å². The molecule has 8 nitrogen and oxygen atoms in total. The molecule has 0 saturated carbocycles. The Morgan fingerprint density at radius 1 is 1.21 bits per heavy atom. The second-order valence-electron chi connectivity index (χ2n) is 6.57. The van der Waals surface area contributed by atoms with Gasteiger partial charge in [0, 0.05) is 6.54 Å². The van der Waals surface area contributed by atoms with Crippen molar-refractivity contribution in [3.8, 4) is 11.5 Å². The van der Waals surface area contributed by atoms with E-state index in [1.807, 2.05) is 12.1 Å². The molecular formula is C20H25N3O5. The topological polar surface area (TPSA) is 94.0 Å². The van der Waals surface area contributed by atoms with Crippen molar-refractivity contribution in [2.24, 2.45) is 0 Å². The van der Waals surface area contributed by atoms with E-state index >= 15 is 0 Å². The van der Waals surface area contributed by atoms with Gasteiger partial charge < -0.3 is 24.2 Å². The predicted molar refractivity (Wildman–Crippen MR) is 102 cm³/mol. The van der Waals surface area contributed by atoms with Gasteiger partial charge in [-0.25, -0.2) is 9.97 Å². The van der Waals surface area contributed by atoms with Crippen molar-refractivity contribution < 1.29 is 24.1 Å². The maximum atomic E-state index is 13.4. The molecular weight excluding hydrogens is 362 g/mol. The molecule has 2 aromatic rings. The van der Waals surface area contributed by atoms with Crippen LogP contribution in [0.25, 0.3) is 0 Å². The first-order valence-electron chi connectivity index (χ1n) is 9.05. The number of aromatic nitrogens is 2. The molecule has 1 aromatic carbocycles. The third kappa shape index (κ3) is 3.65. The molecule has 1 fully saturated rings. The van der Waals surface area contributed by atoms with E-state index in [0.29, 0.717) is 41.6 Å². The van der Waals surface area contributed by atoms with Gasteiger partial charge in [-0.05, 0) is 31.5 Å². The van der Waals surface area contributed by atoms with E-state index < -0.39 is 12.1 Å². The van der Waals surface area contributed by atoms with E-state index in [2.05, 4.69) is 9.97 Å². The number of morpholine rings is 1. The van der Waals surface area contributed by atoms with E-state index in [1.165, 1.54) is 6.33 Å². The van der Waals surface area contributed by atoms with E-state index in [1.54, 1.807) is 39.0 Å². The van der Waals surface area contributed by atoms with Crippen molar-refractivity contribution in [1.29, 1.82) is 0 Å². The van der Waals surface area contributed by atoms with Gasteiger partial charge in [0.1, 0.15) is 12.4 Å². The number of aryl methyl sites for hydroxylation is 2. The lowest BCUT2D eigenvalue weighted by Gasteiger charge is -2.41. The number of ether oxygens (including phenoxy) is 3. The Morgan fingerprint density at radius 3 is 2.50 bits per heavy atom. The minimum atomic E-state index is -0.555. The number of methoxy groups -OCH3 is 2. The average Bonchev–Trinajstić information content (AvgIpc) is 2.72. The first kappa shape index (κ1) is 20.0. The molecule has 1 aromatic heterocycles. The van der Waals surface area contributed by atoms with E-state index in [4.69, 9.17) is 14.2 Å². The van der Waals surface area contributed by atoms with Crippen LogP contribution in [-0.4, -0.2) is 66.0 Å². The summed E-state index contributed by atoms with van der Waals surface area (Å²) in [5.74, 6) is 0.951. The number of benzene rings is 1. The Kier molecular flexibility index (Phi) is 6.11. The Hall–Kier alpha value is -2.71. The molecule has 0 unspecified atom stereocenters. The summed E-state index contributed by atoms with van der Waals surface area (Å²) in [7, 11) is 3.12. The minimum Gasteiger partial charge on any atom is -0.493 e. The van der Waals surface area contributed by atoms with E-state index in [9.17, 15) is 9.90 Å². The molecule has 1 aliphatic rings. The lowest BCUT2D eigenvalue weighted by atomic mass is 9.96. The van der Waals surface area contributed by atoms with E-state index in [0.717, 1.165) is 5.56 Å². The highest BCUT2D eigenvalue weighted by molar-refractivity contribution is 5.96. The zero-order valence-electron chi connectivity index (χ0n) is 16.5. The molecule has 0 bridgehead atoms. The number of rotatable bonds is 5. The van der Waals surface area contributed by atoms with Crippen LogP contribution in [0.15, 0.2) is 24.5 Å². The standard InChI is InChI=1S/C20H25N3O5/c1-12-18(13(2)22-11-21-12)20(25)23-7-8-28-17(10-24)19(23)14-5-6-15(26-3)16(9-14)27-4/h5-6,9,11,17,19,24H,7-8,10H2,1-4H3/t17-,19-/m0/s1. The molecule has 3 rings (SSSR count).